The Hall–Kier alpha value is -2.49. The number of hydrogen-bond donors (Lipinski definition) is 1. The Kier molecular flexibility index (Phi) is 7.56. The van der Waals surface area contributed by atoms with Crippen LogP contribution in [0.15, 0.2) is 42.5 Å². The molecule has 1 saturated heterocycles. The molecule has 0 aliphatic carbocycles. The maximum atomic E-state index is 12.9. The highest BCUT2D eigenvalue weighted by molar-refractivity contribution is 7.99. The number of hydrogen-bond acceptors (Lipinski definition) is 4. The lowest BCUT2D eigenvalue weighted by Crippen LogP contribution is -2.36. The number of likely N-dealkylation sites (tertiary alicyclic amines) is 1. The molecule has 1 fully saturated rings. The second-order valence-corrected chi connectivity index (χ2v) is 8.31. The summed E-state index contributed by atoms with van der Waals surface area (Å²) in [6.45, 7) is 1.49. The molecule has 0 bridgehead atoms. The van der Waals surface area contributed by atoms with Gasteiger partial charge in [0.15, 0.2) is 0 Å². The maximum Gasteiger partial charge on any atom is 0.255 e. The number of carbonyl (C=O) groups is 2. The molecular weight excluding hydrogens is 406 g/mol. The molecule has 7 heteroatoms. The fourth-order valence-corrected chi connectivity index (χ4v) is 4.16. The summed E-state index contributed by atoms with van der Waals surface area (Å²) in [6, 6.07) is 14.4. The van der Waals surface area contributed by atoms with Crippen molar-refractivity contribution in [3.8, 4) is 6.07 Å². The van der Waals surface area contributed by atoms with Gasteiger partial charge in [-0.05, 0) is 55.2 Å². The van der Waals surface area contributed by atoms with Crippen molar-refractivity contribution in [3.05, 3.63) is 64.2 Å². The first kappa shape index (κ1) is 21.2. The minimum absolute atomic E-state index is 0.0677. The van der Waals surface area contributed by atoms with Crippen molar-refractivity contribution in [3.63, 3.8) is 0 Å². The summed E-state index contributed by atoms with van der Waals surface area (Å²) in [5.74, 6) is 0.665. The van der Waals surface area contributed by atoms with Gasteiger partial charge >= 0.3 is 0 Å². The zero-order valence-corrected chi connectivity index (χ0v) is 17.6. The first-order valence-electron chi connectivity index (χ1n) is 9.52. The van der Waals surface area contributed by atoms with Gasteiger partial charge in [0.05, 0.1) is 28.6 Å². The van der Waals surface area contributed by atoms with Crippen LogP contribution in [0.1, 0.15) is 40.7 Å². The van der Waals surface area contributed by atoms with Gasteiger partial charge in [0.25, 0.3) is 5.91 Å². The monoisotopic (exact) mass is 427 g/mol. The van der Waals surface area contributed by atoms with Gasteiger partial charge in [-0.1, -0.05) is 23.7 Å². The van der Waals surface area contributed by atoms with E-state index in [9.17, 15) is 9.59 Å². The highest BCUT2D eigenvalue weighted by atomic mass is 35.5. The van der Waals surface area contributed by atoms with Crippen molar-refractivity contribution in [2.75, 3.05) is 24.2 Å². The number of nitriles is 1. The van der Waals surface area contributed by atoms with E-state index < -0.39 is 0 Å². The van der Waals surface area contributed by atoms with Crippen LogP contribution in [0.3, 0.4) is 0 Å². The molecule has 1 heterocycles. The van der Waals surface area contributed by atoms with E-state index in [0.29, 0.717) is 27.6 Å². The molecule has 150 valence electrons. The van der Waals surface area contributed by atoms with Crippen molar-refractivity contribution in [1.82, 2.24) is 4.90 Å². The molecule has 29 heavy (non-hydrogen) atoms. The lowest BCUT2D eigenvalue weighted by atomic mass is 10.1. The van der Waals surface area contributed by atoms with Crippen molar-refractivity contribution >= 4 is 40.9 Å². The van der Waals surface area contributed by atoms with E-state index >= 15 is 0 Å². The maximum absolute atomic E-state index is 12.9. The highest BCUT2D eigenvalue weighted by Gasteiger charge is 2.21. The van der Waals surface area contributed by atoms with Crippen LogP contribution in [0.4, 0.5) is 5.69 Å². The van der Waals surface area contributed by atoms with Crippen LogP contribution in [0.25, 0.3) is 0 Å². The molecule has 1 N–H and O–H groups in total. The fraction of sp³-hybridized carbons (Fsp3) is 0.318. The molecule has 0 saturated carbocycles. The van der Waals surface area contributed by atoms with Crippen LogP contribution in [0, 0.1) is 11.3 Å². The standard InChI is InChI=1S/C22H22ClN3O2S/c23-18-8-9-19(22(28)26-10-2-1-3-11-26)20(12-18)25-21(27)15-29-14-17-6-4-16(13-24)5-7-17/h4-9,12H,1-3,10-11,14-15H2,(H,25,27). The molecule has 2 amide bonds. The largest absolute Gasteiger partial charge is 0.339 e. The third-order valence-corrected chi connectivity index (χ3v) is 5.95. The number of rotatable bonds is 6. The summed E-state index contributed by atoms with van der Waals surface area (Å²) in [4.78, 5) is 27.1. The minimum Gasteiger partial charge on any atom is -0.339 e. The number of nitrogens with one attached hydrogen (secondary N) is 1. The SMILES string of the molecule is N#Cc1ccc(CSCC(=O)Nc2cc(Cl)ccc2C(=O)N2CCCCC2)cc1. The summed E-state index contributed by atoms with van der Waals surface area (Å²) in [5, 5.41) is 12.2. The number of halogens is 1. The first-order valence-corrected chi connectivity index (χ1v) is 11.1. The van der Waals surface area contributed by atoms with Gasteiger partial charge in [0.1, 0.15) is 0 Å². The molecule has 0 aromatic heterocycles. The molecule has 2 aromatic carbocycles. The average Bonchev–Trinajstić information content (AvgIpc) is 2.74. The second-order valence-electron chi connectivity index (χ2n) is 6.89. The third-order valence-electron chi connectivity index (χ3n) is 4.71. The fourth-order valence-electron chi connectivity index (χ4n) is 3.20. The number of benzene rings is 2. The topological polar surface area (TPSA) is 73.2 Å². The summed E-state index contributed by atoms with van der Waals surface area (Å²) in [6.07, 6.45) is 3.16. The first-order chi connectivity index (χ1) is 14.1. The Labute approximate surface area is 180 Å². The minimum atomic E-state index is -0.182. The van der Waals surface area contributed by atoms with Gasteiger partial charge < -0.3 is 10.2 Å². The van der Waals surface area contributed by atoms with E-state index in [1.807, 2.05) is 17.0 Å². The highest BCUT2D eigenvalue weighted by Crippen LogP contribution is 2.24. The number of amides is 2. The second kappa shape index (κ2) is 10.3. The number of anilines is 1. The Balaban J connectivity index is 1.59. The predicted octanol–water partition coefficient (Wildman–Crippen LogP) is 4.71. The van der Waals surface area contributed by atoms with Crippen molar-refractivity contribution in [2.45, 2.75) is 25.0 Å². The van der Waals surface area contributed by atoms with Crippen LogP contribution >= 0.6 is 23.4 Å². The summed E-state index contributed by atoms with van der Waals surface area (Å²) in [5.41, 5.74) is 2.59. The summed E-state index contributed by atoms with van der Waals surface area (Å²) >= 11 is 7.57. The van der Waals surface area contributed by atoms with E-state index in [2.05, 4.69) is 11.4 Å². The van der Waals surface area contributed by atoms with Gasteiger partial charge in [-0.25, -0.2) is 0 Å². The van der Waals surface area contributed by atoms with Crippen LogP contribution in [-0.4, -0.2) is 35.6 Å². The summed E-state index contributed by atoms with van der Waals surface area (Å²) in [7, 11) is 0. The molecule has 0 radical (unpaired) electrons. The zero-order valence-electron chi connectivity index (χ0n) is 16.0. The normalized spacial score (nSPS) is 13.6. The molecule has 1 aliphatic heterocycles. The zero-order chi connectivity index (χ0) is 20.6. The predicted molar refractivity (Wildman–Crippen MR) is 117 cm³/mol. The van der Waals surface area contributed by atoms with Crippen LogP contribution < -0.4 is 5.32 Å². The lowest BCUT2D eigenvalue weighted by Gasteiger charge is -2.27. The number of carbonyl (C=O) groups excluding carboxylic acids is 2. The van der Waals surface area contributed by atoms with E-state index in [1.54, 1.807) is 30.3 Å². The molecule has 0 spiro atoms. The van der Waals surface area contributed by atoms with Gasteiger partial charge in [-0.15, -0.1) is 11.8 Å². The van der Waals surface area contributed by atoms with Gasteiger partial charge in [0, 0.05) is 23.9 Å². The van der Waals surface area contributed by atoms with Crippen molar-refractivity contribution in [1.29, 1.82) is 5.26 Å². The van der Waals surface area contributed by atoms with E-state index in [0.717, 1.165) is 37.9 Å². The molecule has 3 rings (SSSR count). The molecule has 5 nitrogen and oxygen atoms in total. The van der Waals surface area contributed by atoms with Gasteiger partial charge in [0.2, 0.25) is 5.91 Å². The molecule has 1 aliphatic rings. The third kappa shape index (κ3) is 5.99. The molecule has 0 unspecified atom stereocenters. The van der Waals surface area contributed by atoms with E-state index in [4.69, 9.17) is 16.9 Å². The van der Waals surface area contributed by atoms with E-state index in [-0.39, 0.29) is 17.6 Å². The Morgan fingerprint density at radius 2 is 1.83 bits per heavy atom. The van der Waals surface area contributed by atoms with Crippen LogP contribution in [0.5, 0.6) is 0 Å². The molecular formula is C22H22ClN3O2S. The number of piperidine rings is 1. The Morgan fingerprint density at radius 1 is 1.10 bits per heavy atom. The summed E-state index contributed by atoms with van der Waals surface area (Å²) < 4.78 is 0. The van der Waals surface area contributed by atoms with Gasteiger partial charge in [-0.3, -0.25) is 9.59 Å². The smallest absolute Gasteiger partial charge is 0.255 e. The van der Waals surface area contributed by atoms with Crippen LogP contribution in [0.2, 0.25) is 5.02 Å². The molecule has 0 atom stereocenters. The number of thioether (sulfide) groups is 1. The molecule has 2 aromatic rings. The lowest BCUT2D eigenvalue weighted by molar-refractivity contribution is -0.113. The average molecular weight is 428 g/mol. The number of nitrogens with zero attached hydrogens (tertiary/aromatic N) is 2. The van der Waals surface area contributed by atoms with Gasteiger partial charge in [-0.2, -0.15) is 5.26 Å². The quantitative estimate of drug-likeness (QED) is 0.724. The van der Waals surface area contributed by atoms with Crippen molar-refractivity contribution in [2.24, 2.45) is 0 Å². The van der Waals surface area contributed by atoms with Crippen molar-refractivity contribution < 1.29 is 9.59 Å². The van der Waals surface area contributed by atoms with E-state index in [1.165, 1.54) is 11.8 Å². The Bertz CT molecular complexity index is 919. The van der Waals surface area contributed by atoms with Crippen LogP contribution in [-0.2, 0) is 10.5 Å². The Morgan fingerprint density at radius 3 is 2.52 bits per heavy atom.